The zero-order valence-corrected chi connectivity index (χ0v) is 9.62. The highest BCUT2D eigenvalue weighted by Crippen LogP contribution is 2.15. The van der Waals surface area contributed by atoms with Gasteiger partial charge in [0.05, 0.1) is 5.56 Å². The van der Waals surface area contributed by atoms with E-state index in [2.05, 4.69) is 0 Å². The van der Waals surface area contributed by atoms with Gasteiger partial charge in [-0.05, 0) is 38.1 Å². The molecule has 0 aromatic heterocycles. The highest BCUT2D eigenvalue weighted by Gasteiger charge is 2.31. The van der Waals surface area contributed by atoms with Gasteiger partial charge in [0.15, 0.2) is 0 Å². The molecular formula is C11H11ClO4. The van der Waals surface area contributed by atoms with Crippen LogP contribution in [0.2, 0.25) is 5.02 Å². The number of carbonyl (C=O) groups excluding carboxylic acids is 1. The lowest BCUT2D eigenvalue weighted by Crippen LogP contribution is -2.37. The molecule has 0 unspecified atom stereocenters. The van der Waals surface area contributed by atoms with Gasteiger partial charge in [0.25, 0.3) is 0 Å². The normalized spacial score (nSPS) is 10.9. The van der Waals surface area contributed by atoms with Gasteiger partial charge in [-0.15, -0.1) is 0 Å². The molecule has 4 nitrogen and oxygen atoms in total. The van der Waals surface area contributed by atoms with Crippen molar-refractivity contribution in [1.29, 1.82) is 0 Å². The summed E-state index contributed by atoms with van der Waals surface area (Å²) < 4.78 is 4.84. The minimum Gasteiger partial charge on any atom is -0.478 e. The van der Waals surface area contributed by atoms with Crippen LogP contribution in [-0.4, -0.2) is 22.6 Å². The molecule has 1 N–H and O–H groups in total. The summed E-state index contributed by atoms with van der Waals surface area (Å²) in [6.45, 7) is 2.62. The molecule has 1 aromatic carbocycles. The Kier molecular flexibility index (Phi) is 3.55. The molecule has 1 aromatic rings. The predicted molar refractivity (Wildman–Crippen MR) is 58.6 cm³/mol. The van der Waals surface area contributed by atoms with E-state index in [4.69, 9.17) is 21.4 Å². The molecule has 0 aliphatic rings. The number of carbonyl (C=O) groups is 2. The first-order valence-electron chi connectivity index (χ1n) is 4.55. The smallest absolute Gasteiger partial charge is 0.347 e. The third-order valence-corrected chi connectivity index (χ3v) is 2.19. The highest BCUT2D eigenvalue weighted by molar-refractivity contribution is 6.30. The number of hydrogen-bond donors (Lipinski definition) is 1. The van der Waals surface area contributed by atoms with Gasteiger partial charge in [0.1, 0.15) is 0 Å². The van der Waals surface area contributed by atoms with Gasteiger partial charge in [-0.1, -0.05) is 11.6 Å². The summed E-state index contributed by atoms with van der Waals surface area (Å²) in [5.41, 5.74) is -1.28. The Morgan fingerprint density at radius 2 is 1.75 bits per heavy atom. The maximum atomic E-state index is 11.5. The molecule has 0 fully saturated rings. The fourth-order valence-corrected chi connectivity index (χ4v) is 1.05. The summed E-state index contributed by atoms with van der Waals surface area (Å²) in [5.74, 6) is -1.89. The molecule has 0 bridgehead atoms. The highest BCUT2D eigenvalue weighted by atomic mass is 35.5. The molecule has 0 amide bonds. The summed E-state index contributed by atoms with van der Waals surface area (Å²) in [7, 11) is 0. The Bertz CT molecular complexity index is 408. The zero-order chi connectivity index (χ0) is 12.3. The van der Waals surface area contributed by atoms with Crippen molar-refractivity contribution in [1.82, 2.24) is 0 Å². The summed E-state index contributed by atoms with van der Waals surface area (Å²) in [4.78, 5) is 22.3. The Hall–Kier alpha value is -1.55. The number of carboxylic acid groups (broad SMARTS) is 1. The monoisotopic (exact) mass is 242 g/mol. The SMILES string of the molecule is CC(C)(OC(=O)c1ccc(Cl)cc1)C(=O)O. The summed E-state index contributed by atoms with van der Waals surface area (Å²) in [6.07, 6.45) is 0. The maximum Gasteiger partial charge on any atom is 0.347 e. The molecule has 0 radical (unpaired) electrons. The minimum absolute atomic E-state index is 0.263. The number of aliphatic carboxylic acids is 1. The van der Waals surface area contributed by atoms with Gasteiger partial charge in [0, 0.05) is 5.02 Å². The van der Waals surface area contributed by atoms with Crippen molar-refractivity contribution in [3.05, 3.63) is 34.9 Å². The quantitative estimate of drug-likeness (QED) is 0.827. The van der Waals surface area contributed by atoms with E-state index >= 15 is 0 Å². The summed E-state index contributed by atoms with van der Waals surface area (Å²) in [5, 5.41) is 9.28. The standard InChI is InChI=1S/C11H11ClO4/c1-11(2,10(14)15)16-9(13)7-3-5-8(12)6-4-7/h3-6H,1-2H3,(H,14,15). The molecule has 0 aliphatic carbocycles. The predicted octanol–water partition coefficient (Wildman–Crippen LogP) is 2.36. The molecule has 0 heterocycles. The molecule has 0 saturated heterocycles. The molecule has 16 heavy (non-hydrogen) atoms. The van der Waals surface area contributed by atoms with E-state index in [1.807, 2.05) is 0 Å². The van der Waals surface area contributed by atoms with Crippen molar-refractivity contribution in [3.63, 3.8) is 0 Å². The Balaban J connectivity index is 2.81. The van der Waals surface area contributed by atoms with Crippen molar-refractivity contribution >= 4 is 23.5 Å². The lowest BCUT2D eigenvalue weighted by Gasteiger charge is -2.19. The van der Waals surface area contributed by atoms with E-state index in [1.54, 1.807) is 0 Å². The van der Waals surface area contributed by atoms with Crippen LogP contribution in [0.5, 0.6) is 0 Å². The lowest BCUT2D eigenvalue weighted by molar-refractivity contribution is -0.155. The number of rotatable bonds is 3. The Morgan fingerprint density at radius 1 is 1.25 bits per heavy atom. The first-order valence-corrected chi connectivity index (χ1v) is 4.93. The van der Waals surface area contributed by atoms with Gasteiger partial charge < -0.3 is 9.84 Å². The summed E-state index contributed by atoms with van der Waals surface area (Å²) in [6, 6.07) is 6.02. The average Bonchev–Trinajstić information content (AvgIpc) is 2.17. The van der Waals surface area contributed by atoms with E-state index in [1.165, 1.54) is 38.1 Å². The van der Waals surface area contributed by atoms with Crippen molar-refractivity contribution in [3.8, 4) is 0 Å². The van der Waals surface area contributed by atoms with Crippen LogP contribution in [0.15, 0.2) is 24.3 Å². The number of ether oxygens (including phenoxy) is 1. The summed E-state index contributed by atoms with van der Waals surface area (Å²) >= 11 is 5.65. The fourth-order valence-electron chi connectivity index (χ4n) is 0.920. The van der Waals surface area contributed by atoms with Crippen molar-refractivity contribution < 1.29 is 19.4 Å². The third kappa shape index (κ3) is 2.97. The van der Waals surface area contributed by atoms with E-state index in [0.29, 0.717) is 5.02 Å². The largest absolute Gasteiger partial charge is 0.478 e. The average molecular weight is 243 g/mol. The van der Waals surface area contributed by atoms with Crippen molar-refractivity contribution in [2.24, 2.45) is 0 Å². The van der Waals surface area contributed by atoms with E-state index in [-0.39, 0.29) is 5.56 Å². The van der Waals surface area contributed by atoms with Crippen molar-refractivity contribution in [2.75, 3.05) is 0 Å². The van der Waals surface area contributed by atoms with Gasteiger partial charge in [-0.3, -0.25) is 0 Å². The maximum absolute atomic E-state index is 11.5. The second-order valence-electron chi connectivity index (χ2n) is 3.71. The van der Waals surface area contributed by atoms with Gasteiger partial charge in [0.2, 0.25) is 5.60 Å². The number of halogens is 1. The number of benzene rings is 1. The van der Waals surface area contributed by atoms with E-state index in [9.17, 15) is 9.59 Å². The molecular weight excluding hydrogens is 232 g/mol. The lowest BCUT2D eigenvalue weighted by atomic mass is 10.1. The molecule has 0 atom stereocenters. The van der Waals surface area contributed by atoms with E-state index in [0.717, 1.165) is 0 Å². The molecule has 5 heteroatoms. The molecule has 0 aliphatic heterocycles. The molecule has 86 valence electrons. The van der Waals surface area contributed by atoms with Crippen LogP contribution in [0.25, 0.3) is 0 Å². The first-order chi connectivity index (χ1) is 7.33. The zero-order valence-electron chi connectivity index (χ0n) is 8.86. The molecule has 0 saturated carbocycles. The minimum atomic E-state index is -1.54. The Labute approximate surface area is 97.8 Å². The molecule has 0 spiro atoms. The van der Waals surface area contributed by atoms with Crippen LogP contribution < -0.4 is 0 Å². The molecule has 1 rings (SSSR count). The van der Waals surface area contributed by atoms with E-state index < -0.39 is 17.5 Å². The van der Waals surface area contributed by atoms with Gasteiger partial charge in [-0.25, -0.2) is 9.59 Å². The van der Waals surface area contributed by atoms with Gasteiger partial charge >= 0.3 is 11.9 Å². The van der Waals surface area contributed by atoms with Gasteiger partial charge in [-0.2, -0.15) is 0 Å². The van der Waals surface area contributed by atoms with Crippen LogP contribution in [0, 0.1) is 0 Å². The van der Waals surface area contributed by atoms with Crippen LogP contribution in [0.1, 0.15) is 24.2 Å². The van der Waals surface area contributed by atoms with Crippen LogP contribution in [0.4, 0.5) is 0 Å². The topological polar surface area (TPSA) is 63.6 Å². The first kappa shape index (κ1) is 12.5. The third-order valence-electron chi connectivity index (χ3n) is 1.94. The Morgan fingerprint density at radius 3 is 2.19 bits per heavy atom. The van der Waals surface area contributed by atoms with Crippen LogP contribution in [0.3, 0.4) is 0 Å². The second kappa shape index (κ2) is 4.53. The number of hydrogen-bond acceptors (Lipinski definition) is 3. The van der Waals surface area contributed by atoms with Crippen LogP contribution >= 0.6 is 11.6 Å². The number of carboxylic acids is 1. The van der Waals surface area contributed by atoms with Crippen molar-refractivity contribution in [2.45, 2.75) is 19.4 Å². The fraction of sp³-hybridized carbons (Fsp3) is 0.273. The number of esters is 1. The second-order valence-corrected chi connectivity index (χ2v) is 4.15. The van der Waals surface area contributed by atoms with Crippen LogP contribution in [-0.2, 0) is 9.53 Å².